The number of benzene rings is 3. The predicted molar refractivity (Wildman–Crippen MR) is 92.0 cm³/mol. The van der Waals surface area contributed by atoms with Gasteiger partial charge in [0.2, 0.25) is 0 Å². The van der Waals surface area contributed by atoms with Gasteiger partial charge in [0.15, 0.2) is 0 Å². The second kappa shape index (κ2) is 4.59. The molecular formula is C19H13ClO2. The normalized spacial score (nSPS) is 11.6. The molecule has 3 heteroatoms. The van der Waals surface area contributed by atoms with Gasteiger partial charge >= 0.3 is 5.63 Å². The molecule has 0 aliphatic heterocycles. The molecule has 0 fully saturated rings. The van der Waals surface area contributed by atoms with E-state index in [9.17, 15) is 4.79 Å². The van der Waals surface area contributed by atoms with Gasteiger partial charge in [0.1, 0.15) is 5.58 Å². The number of hydrogen-bond acceptors (Lipinski definition) is 2. The molecule has 0 atom stereocenters. The van der Waals surface area contributed by atoms with Crippen molar-refractivity contribution < 1.29 is 4.42 Å². The van der Waals surface area contributed by atoms with Crippen molar-refractivity contribution in [3.63, 3.8) is 0 Å². The number of rotatable bonds is 0. The average Bonchev–Trinajstić information content (AvgIpc) is 2.51. The molecular weight excluding hydrogens is 296 g/mol. The van der Waals surface area contributed by atoms with Gasteiger partial charge in [-0.15, -0.1) is 0 Å². The first-order valence-electron chi connectivity index (χ1n) is 7.11. The van der Waals surface area contributed by atoms with Crippen LogP contribution in [0.2, 0.25) is 5.02 Å². The molecule has 22 heavy (non-hydrogen) atoms. The minimum absolute atomic E-state index is 0.311. The summed E-state index contributed by atoms with van der Waals surface area (Å²) in [6.45, 7) is 3.88. The summed E-state index contributed by atoms with van der Waals surface area (Å²) in [4.78, 5) is 12.3. The number of fused-ring (bicyclic) bond motifs is 4. The van der Waals surface area contributed by atoms with Gasteiger partial charge in [-0.25, -0.2) is 4.79 Å². The van der Waals surface area contributed by atoms with Gasteiger partial charge in [0.25, 0.3) is 0 Å². The molecule has 1 aromatic heterocycles. The third-order valence-electron chi connectivity index (χ3n) is 4.22. The van der Waals surface area contributed by atoms with E-state index in [0.717, 1.165) is 37.7 Å². The first-order valence-corrected chi connectivity index (χ1v) is 7.49. The molecule has 2 nitrogen and oxygen atoms in total. The highest BCUT2D eigenvalue weighted by molar-refractivity contribution is 6.33. The molecule has 0 N–H and O–H groups in total. The maximum absolute atomic E-state index is 12.3. The van der Waals surface area contributed by atoms with Crippen molar-refractivity contribution in [1.82, 2.24) is 0 Å². The molecule has 0 bridgehead atoms. The minimum atomic E-state index is -0.311. The summed E-state index contributed by atoms with van der Waals surface area (Å²) in [5, 5.41) is 5.24. The van der Waals surface area contributed by atoms with Crippen molar-refractivity contribution in [1.29, 1.82) is 0 Å². The molecule has 4 rings (SSSR count). The summed E-state index contributed by atoms with van der Waals surface area (Å²) in [6, 6.07) is 13.8. The van der Waals surface area contributed by atoms with Crippen molar-refractivity contribution >= 4 is 44.1 Å². The molecule has 0 radical (unpaired) electrons. The molecule has 1 heterocycles. The largest absolute Gasteiger partial charge is 0.422 e. The molecule has 4 aromatic rings. The summed E-state index contributed by atoms with van der Waals surface area (Å²) in [5.74, 6) is 0. The fourth-order valence-corrected chi connectivity index (χ4v) is 3.26. The standard InChI is InChI=1S/C19H13ClO2/c1-10-7-16-17(11(2)18(10)20)14-8-12-5-3-4-6-13(12)9-15(14)19(21)22-16/h3-9H,1-2H3. The fourth-order valence-electron chi connectivity index (χ4n) is 3.11. The van der Waals surface area contributed by atoms with Crippen LogP contribution in [-0.4, -0.2) is 0 Å². The Morgan fingerprint density at radius 3 is 2.27 bits per heavy atom. The summed E-state index contributed by atoms with van der Waals surface area (Å²) < 4.78 is 5.53. The van der Waals surface area contributed by atoms with Crippen molar-refractivity contribution in [3.05, 3.63) is 69.0 Å². The fraction of sp³-hybridized carbons (Fsp3) is 0.105. The summed E-state index contributed by atoms with van der Waals surface area (Å²) in [5.41, 5.74) is 2.14. The van der Waals surface area contributed by atoms with E-state index in [2.05, 4.69) is 0 Å². The first-order chi connectivity index (χ1) is 10.6. The van der Waals surface area contributed by atoms with Gasteiger partial charge in [0.05, 0.1) is 5.39 Å². The molecule has 0 aliphatic carbocycles. The smallest absolute Gasteiger partial charge is 0.344 e. The Morgan fingerprint density at radius 1 is 0.955 bits per heavy atom. The van der Waals surface area contributed by atoms with E-state index < -0.39 is 0 Å². The highest BCUT2D eigenvalue weighted by Gasteiger charge is 2.14. The predicted octanol–water partition coefficient (Wildman–Crippen LogP) is 5.37. The van der Waals surface area contributed by atoms with E-state index >= 15 is 0 Å². The van der Waals surface area contributed by atoms with Crippen LogP contribution in [-0.2, 0) is 0 Å². The van der Waals surface area contributed by atoms with Crippen molar-refractivity contribution in [2.24, 2.45) is 0 Å². The number of halogens is 1. The third-order valence-corrected chi connectivity index (χ3v) is 4.80. The van der Waals surface area contributed by atoms with Crippen LogP contribution in [0, 0.1) is 13.8 Å². The zero-order valence-electron chi connectivity index (χ0n) is 12.2. The van der Waals surface area contributed by atoms with Crippen LogP contribution in [0.25, 0.3) is 32.5 Å². The topological polar surface area (TPSA) is 30.2 Å². The number of aryl methyl sites for hydroxylation is 2. The Morgan fingerprint density at radius 2 is 1.59 bits per heavy atom. The van der Waals surface area contributed by atoms with E-state index in [1.54, 1.807) is 0 Å². The highest BCUT2D eigenvalue weighted by atomic mass is 35.5. The van der Waals surface area contributed by atoms with Gasteiger partial charge in [-0.05, 0) is 53.9 Å². The Bertz CT molecular complexity index is 1120. The van der Waals surface area contributed by atoms with E-state index in [1.165, 1.54) is 0 Å². The van der Waals surface area contributed by atoms with Crippen LogP contribution in [0.15, 0.2) is 51.7 Å². The van der Waals surface area contributed by atoms with Crippen LogP contribution in [0.1, 0.15) is 11.1 Å². The minimum Gasteiger partial charge on any atom is -0.422 e. The van der Waals surface area contributed by atoms with E-state index in [0.29, 0.717) is 11.0 Å². The van der Waals surface area contributed by atoms with Crippen LogP contribution in [0.5, 0.6) is 0 Å². The van der Waals surface area contributed by atoms with Crippen molar-refractivity contribution in [2.45, 2.75) is 13.8 Å². The Balaban J connectivity index is 2.34. The van der Waals surface area contributed by atoms with Gasteiger partial charge in [-0.2, -0.15) is 0 Å². The molecule has 108 valence electrons. The van der Waals surface area contributed by atoms with Crippen molar-refractivity contribution in [2.75, 3.05) is 0 Å². The van der Waals surface area contributed by atoms with Crippen LogP contribution < -0.4 is 5.63 Å². The van der Waals surface area contributed by atoms with Gasteiger partial charge < -0.3 is 4.42 Å². The zero-order chi connectivity index (χ0) is 15.4. The molecule has 0 unspecified atom stereocenters. The maximum Gasteiger partial charge on any atom is 0.344 e. The second-order valence-electron chi connectivity index (χ2n) is 5.64. The summed E-state index contributed by atoms with van der Waals surface area (Å²) in [7, 11) is 0. The summed E-state index contributed by atoms with van der Waals surface area (Å²) >= 11 is 6.40. The van der Waals surface area contributed by atoms with Gasteiger partial charge in [-0.3, -0.25) is 0 Å². The monoisotopic (exact) mass is 308 g/mol. The molecule has 3 aromatic carbocycles. The lowest BCUT2D eigenvalue weighted by atomic mass is 9.98. The Labute approximate surface area is 131 Å². The van der Waals surface area contributed by atoms with Crippen LogP contribution in [0.3, 0.4) is 0 Å². The lowest BCUT2D eigenvalue weighted by Crippen LogP contribution is -2.01. The Hall–Kier alpha value is -2.32. The SMILES string of the molecule is Cc1cc2oc(=O)c3cc4ccccc4cc3c2c(C)c1Cl. The van der Waals surface area contributed by atoms with Gasteiger partial charge in [0, 0.05) is 15.8 Å². The summed E-state index contributed by atoms with van der Waals surface area (Å²) in [6.07, 6.45) is 0. The third kappa shape index (κ3) is 1.77. The van der Waals surface area contributed by atoms with E-state index in [1.807, 2.05) is 56.3 Å². The van der Waals surface area contributed by atoms with Crippen LogP contribution >= 0.6 is 11.6 Å². The molecule has 0 saturated heterocycles. The van der Waals surface area contributed by atoms with E-state index in [-0.39, 0.29) is 5.63 Å². The van der Waals surface area contributed by atoms with E-state index in [4.69, 9.17) is 16.0 Å². The Kier molecular flexibility index (Phi) is 2.78. The quantitative estimate of drug-likeness (QED) is 0.248. The lowest BCUT2D eigenvalue weighted by molar-refractivity contribution is 0.569. The average molecular weight is 309 g/mol. The number of hydrogen-bond donors (Lipinski definition) is 0. The first kappa shape index (κ1) is 13.4. The highest BCUT2D eigenvalue weighted by Crippen LogP contribution is 2.34. The lowest BCUT2D eigenvalue weighted by Gasteiger charge is -2.10. The van der Waals surface area contributed by atoms with Crippen LogP contribution in [0.4, 0.5) is 0 Å². The zero-order valence-corrected chi connectivity index (χ0v) is 13.0. The molecule has 0 saturated carbocycles. The maximum atomic E-state index is 12.3. The molecule has 0 spiro atoms. The second-order valence-corrected chi connectivity index (χ2v) is 6.02. The molecule has 0 aliphatic rings. The molecule has 0 amide bonds. The van der Waals surface area contributed by atoms with Gasteiger partial charge in [-0.1, -0.05) is 35.9 Å². The van der Waals surface area contributed by atoms with Crippen molar-refractivity contribution in [3.8, 4) is 0 Å².